The number of nitrogens with zero attached hydrogens (tertiary/aromatic N) is 7. The van der Waals surface area contributed by atoms with E-state index in [2.05, 4.69) is 20.1 Å². The molecule has 2 fully saturated rings. The van der Waals surface area contributed by atoms with Crippen LogP contribution in [0, 0.1) is 5.92 Å². The van der Waals surface area contributed by atoms with Gasteiger partial charge >= 0.3 is 6.18 Å². The summed E-state index contributed by atoms with van der Waals surface area (Å²) in [6.45, 7) is 1.25. The molecule has 0 bridgehead atoms. The highest BCUT2D eigenvalue weighted by molar-refractivity contribution is 5.71. The number of hydrogen-bond donors (Lipinski definition) is 0. The molecule has 0 unspecified atom stereocenters. The third kappa shape index (κ3) is 3.63. The molecule has 2 aliphatic rings. The molecule has 2 atom stereocenters. The fourth-order valence-corrected chi connectivity index (χ4v) is 4.44. The highest BCUT2D eigenvalue weighted by Gasteiger charge is 2.43. The third-order valence-electron chi connectivity index (χ3n) is 5.88. The van der Waals surface area contributed by atoms with Gasteiger partial charge in [0.2, 0.25) is 0 Å². The average molecular weight is 439 g/mol. The standard InChI is InChI=1S/C19H18F5N7/c20-15(21)10-31-18-13(6-27-31)26-7-17(28-18)29-8-11-2-4-30(14(11)9-29)16-5-12(1-3-25-16)19(22,23)24/h1,3,5-7,11,14-15H,2,4,8-10H2/t11-,14+/m0/s1. The summed E-state index contributed by atoms with van der Waals surface area (Å²) in [5.74, 6) is 1.08. The monoisotopic (exact) mass is 439 g/mol. The molecule has 0 spiro atoms. The maximum Gasteiger partial charge on any atom is 0.416 e. The summed E-state index contributed by atoms with van der Waals surface area (Å²) in [6.07, 6.45) is -2.02. The van der Waals surface area contributed by atoms with Crippen molar-refractivity contribution in [1.82, 2.24) is 24.7 Å². The van der Waals surface area contributed by atoms with Crippen LogP contribution < -0.4 is 9.80 Å². The molecule has 7 nitrogen and oxygen atoms in total. The van der Waals surface area contributed by atoms with Crippen LogP contribution in [0.15, 0.2) is 30.7 Å². The van der Waals surface area contributed by atoms with Crippen LogP contribution in [0.1, 0.15) is 12.0 Å². The van der Waals surface area contributed by atoms with Crippen molar-refractivity contribution in [3.63, 3.8) is 0 Å². The first-order valence-electron chi connectivity index (χ1n) is 9.81. The average Bonchev–Trinajstić information content (AvgIpc) is 3.41. The van der Waals surface area contributed by atoms with Gasteiger partial charge in [0.15, 0.2) is 5.65 Å². The van der Waals surface area contributed by atoms with E-state index < -0.39 is 24.7 Å². The first-order valence-corrected chi connectivity index (χ1v) is 9.81. The molecule has 12 heteroatoms. The van der Waals surface area contributed by atoms with Gasteiger partial charge in [0.25, 0.3) is 6.43 Å². The lowest BCUT2D eigenvalue weighted by Gasteiger charge is -2.26. The van der Waals surface area contributed by atoms with E-state index in [1.807, 2.05) is 9.80 Å². The molecular formula is C19H18F5N7. The van der Waals surface area contributed by atoms with E-state index in [1.54, 1.807) is 6.20 Å². The predicted molar refractivity (Wildman–Crippen MR) is 102 cm³/mol. The molecule has 5 heterocycles. The second kappa shape index (κ2) is 7.27. The summed E-state index contributed by atoms with van der Waals surface area (Å²) < 4.78 is 66.0. The van der Waals surface area contributed by atoms with Crippen LogP contribution in [0.25, 0.3) is 11.2 Å². The molecule has 164 valence electrons. The molecule has 31 heavy (non-hydrogen) atoms. The Morgan fingerprint density at radius 3 is 2.71 bits per heavy atom. The van der Waals surface area contributed by atoms with Gasteiger partial charge in [0.05, 0.1) is 24.0 Å². The van der Waals surface area contributed by atoms with Gasteiger partial charge in [-0.1, -0.05) is 0 Å². The van der Waals surface area contributed by atoms with E-state index in [9.17, 15) is 22.0 Å². The van der Waals surface area contributed by atoms with Gasteiger partial charge < -0.3 is 9.80 Å². The van der Waals surface area contributed by atoms with Crippen molar-refractivity contribution in [3.8, 4) is 0 Å². The van der Waals surface area contributed by atoms with Gasteiger partial charge in [0.1, 0.15) is 23.7 Å². The van der Waals surface area contributed by atoms with Gasteiger partial charge in [-0.2, -0.15) is 18.3 Å². The van der Waals surface area contributed by atoms with Crippen molar-refractivity contribution in [2.75, 3.05) is 29.4 Å². The highest BCUT2D eigenvalue weighted by Crippen LogP contribution is 2.38. The molecule has 0 aliphatic carbocycles. The summed E-state index contributed by atoms with van der Waals surface area (Å²) in [5.41, 5.74) is -0.00995. The Bertz CT molecular complexity index is 1100. The van der Waals surface area contributed by atoms with Crippen LogP contribution in [0.3, 0.4) is 0 Å². The van der Waals surface area contributed by atoms with Crippen LogP contribution in [0.5, 0.6) is 0 Å². The number of rotatable bonds is 4. The fraction of sp³-hybridized carbons (Fsp3) is 0.474. The fourth-order valence-electron chi connectivity index (χ4n) is 4.44. The maximum absolute atomic E-state index is 13.1. The summed E-state index contributed by atoms with van der Waals surface area (Å²) >= 11 is 0. The maximum atomic E-state index is 13.1. The van der Waals surface area contributed by atoms with Gasteiger partial charge in [0, 0.05) is 31.7 Å². The van der Waals surface area contributed by atoms with E-state index in [-0.39, 0.29) is 17.6 Å². The Morgan fingerprint density at radius 2 is 1.94 bits per heavy atom. The Kier molecular flexibility index (Phi) is 4.67. The molecule has 0 aromatic carbocycles. The van der Waals surface area contributed by atoms with Gasteiger partial charge in [-0.15, -0.1) is 0 Å². The number of alkyl halides is 5. The van der Waals surface area contributed by atoms with E-state index in [0.29, 0.717) is 36.8 Å². The van der Waals surface area contributed by atoms with Crippen LogP contribution in [0.4, 0.5) is 33.6 Å². The second-order valence-corrected chi connectivity index (χ2v) is 7.77. The summed E-state index contributed by atoms with van der Waals surface area (Å²) in [5, 5.41) is 3.92. The zero-order valence-corrected chi connectivity index (χ0v) is 16.2. The quantitative estimate of drug-likeness (QED) is 0.582. The number of anilines is 2. The molecular weight excluding hydrogens is 421 g/mol. The molecule has 5 rings (SSSR count). The van der Waals surface area contributed by atoms with Crippen molar-refractivity contribution in [2.45, 2.75) is 31.6 Å². The first kappa shape index (κ1) is 19.9. The van der Waals surface area contributed by atoms with E-state index in [4.69, 9.17) is 0 Å². The molecule has 0 N–H and O–H groups in total. The van der Waals surface area contributed by atoms with Crippen LogP contribution >= 0.6 is 0 Å². The number of aromatic nitrogens is 5. The largest absolute Gasteiger partial charge is 0.416 e. The van der Waals surface area contributed by atoms with Crippen molar-refractivity contribution < 1.29 is 22.0 Å². The normalized spacial score (nSPS) is 21.5. The van der Waals surface area contributed by atoms with Crippen LogP contribution in [-0.2, 0) is 12.7 Å². The number of halogens is 5. The Labute approximate surface area is 173 Å². The molecule has 3 aromatic rings. The predicted octanol–water partition coefficient (Wildman–Crippen LogP) is 3.22. The minimum atomic E-state index is -4.43. The summed E-state index contributed by atoms with van der Waals surface area (Å²) in [6, 6.07) is 2.03. The zero-order valence-electron chi connectivity index (χ0n) is 16.2. The van der Waals surface area contributed by atoms with Crippen LogP contribution in [-0.4, -0.2) is 56.8 Å². The third-order valence-corrected chi connectivity index (χ3v) is 5.88. The van der Waals surface area contributed by atoms with Crippen molar-refractivity contribution in [2.24, 2.45) is 5.92 Å². The smallest absolute Gasteiger partial charge is 0.353 e. The Balaban J connectivity index is 1.38. The van der Waals surface area contributed by atoms with E-state index in [0.717, 1.165) is 23.2 Å². The molecule has 0 amide bonds. The molecule has 0 radical (unpaired) electrons. The Hall–Kier alpha value is -3.05. The van der Waals surface area contributed by atoms with Gasteiger partial charge in [-0.25, -0.2) is 28.4 Å². The minimum Gasteiger partial charge on any atom is -0.353 e. The van der Waals surface area contributed by atoms with Gasteiger partial charge in [-0.3, -0.25) is 0 Å². The van der Waals surface area contributed by atoms with Gasteiger partial charge in [-0.05, 0) is 18.6 Å². The first-order chi connectivity index (χ1) is 14.8. The second-order valence-electron chi connectivity index (χ2n) is 7.77. The number of hydrogen-bond acceptors (Lipinski definition) is 6. The van der Waals surface area contributed by atoms with E-state index >= 15 is 0 Å². The highest BCUT2D eigenvalue weighted by atomic mass is 19.4. The molecule has 0 saturated carbocycles. The SMILES string of the molecule is FC(F)Cn1ncc2ncc(N3C[C@@H]4CCN(c5cc(C(F)(F)F)ccn5)[C@@H]4C3)nc21. The minimum absolute atomic E-state index is 0.0144. The molecule has 2 saturated heterocycles. The lowest BCUT2D eigenvalue weighted by Crippen LogP contribution is -2.36. The number of fused-ring (bicyclic) bond motifs is 2. The Morgan fingerprint density at radius 1 is 1.10 bits per heavy atom. The summed E-state index contributed by atoms with van der Waals surface area (Å²) in [7, 11) is 0. The van der Waals surface area contributed by atoms with Crippen molar-refractivity contribution in [3.05, 3.63) is 36.3 Å². The zero-order chi connectivity index (χ0) is 21.8. The molecule has 2 aliphatic heterocycles. The lowest BCUT2D eigenvalue weighted by atomic mass is 10.1. The topological polar surface area (TPSA) is 63.0 Å². The van der Waals surface area contributed by atoms with Crippen molar-refractivity contribution in [1.29, 1.82) is 0 Å². The number of pyridine rings is 1. The van der Waals surface area contributed by atoms with Crippen molar-refractivity contribution >= 4 is 22.8 Å². The van der Waals surface area contributed by atoms with Crippen LogP contribution in [0.2, 0.25) is 0 Å². The molecule has 3 aromatic heterocycles. The lowest BCUT2D eigenvalue weighted by molar-refractivity contribution is -0.137. The summed E-state index contributed by atoms with van der Waals surface area (Å²) in [4.78, 5) is 16.8. The van der Waals surface area contributed by atoms with E-state index in [1.165, 1.54) is 12.4 Å².